The molecule has 1 heterocycles. The Morgan fingerprint density at radius 2 is 1.90 bits per heavy atom. The van der Waals surface area contributed by atoms with Crippen molar-refractivity contribution in [1.82, 2.24) is 9.66 Å². The molecular weight excluding hydrogens is 677 g/mol. The average Bonchev–Trinajstić information content (AvgIpc) is 2.97. The number of anilines is 1. The van der Waals surface area contributed by atoms with E-state index < -0.39 is 28.9 Å². The second kappa shape index (κ2) is 12.9. The zero-order chi connectivity index (χ0) is 29.8. The highest BCUT2D eigenvalue weighted by Gasteiger charge is 2.24. The minimum absolute atomic E-state index is 0.0197. The second-order valence-corrected chi connectivity index (χ2v) is 11.6. The summed E-state index contributed by atoms with van der Waals surface area (Å²) in [4.78, 5) is 42.2. The first-order valence-electron chi connectivity index (χ1n) is 13.1. The van der Waals surface area contributed by atoms with Gasteiger partial charge in [-0.15, -0.1) is 0 Å². The molecule has 1 aromatic heterocycles. The number of rotatable bonds is 8. The number of fused-ring (bicyclic) bond motifs is 1. The number of amides is 1. The standard InChI is InChI=1S/C29H24Br2FN5O5/c30-19-10-11-23-21(13-19)29(39)36(28(35-23)17-6-2-1-3-7-17)33-15-18-12-20(31)14-25(37(40)41)27(18)42-16-26(38)34-24-9-5-4-8-22(24)32/h4-5,8-15,17H,1-3,6-7,16H2,(H,34,38). The van der Waals surface area contributed by atoms with E-state index >= 15 is 0 Å². The largest absolute Gasteiger partial charge is 0.476 e. The first-order valence-corrected chi connectivity index (χ1v) is 14.7. The van der Waals surface area contributed by atoms with E-state index in [-0.39, 0.29) is 28.5 Å². The predicted molar refractivity (Wildman–Crippen MR) is 164 cm³/mol. The minimum atomic E-state index is -0.722. The number of halogens is 3. The molecule has 1 amide bonds. The topological polar surface area (TPSA) is 129 Å². The molecule has 0 spiro atoms. The quantitative estimate of drug-likeness (QED) is 0.121. The number of hydrogen-bond acceptors (Lipinski definition) is 7. The Labute approximate surface area is 256 Å². The molecule has 216 valence electrons. The van der Waals surface area contributed by atoms with E-state index in [0.717, 1.165) is 32.1 Å². The molecule has 3 aromatic carbocycles. The number of hydrogen-bond donors (Lipinski definition) is 1. The second-order valence-electron chi connectivity index (χ2n) is 9.75. The lowest BCUT2D eigenvalue weighted by atomic mass is 9.88. The maximum Gasteiger partial charge on any atom is 0.312 e. The van der Waals surface area contributed by atoms with Gasteiger partial charge >= 0.3 is 5.69 Å². The molecule has 10 nitrogen and oxygen atoms in total. The van der Waals surface area contributed by atoms with Gasteiger partial charge in [-0.2, -0.15) is 9.78 Å². The number of carbonyl (C=O) groups excluding carboxylic acids is 1. The van der Waals surface area contributed by atoms with Crippen LogP contribution >= 0.6 is 31.9 Å². The Morgan fingerprint density at radius 1 is 1.14 bits per heavy atom. The number of nitrogens with zero attached hydrogens (tertiary/aromatic N) is 4. The van der Waals surface area contributed by atoms with Gasteiger partial charge in [-0.1, -0.05) is 63.3 Å². The highest BCUT2D eigenvalue weighted by Crippen LogP contribution is 2.35. The molecule has 42 heavy (non-hydrogen) atoms. The van der Waals surface area contributed by atoms with Crippen LogP contribution in [0.5, 0.6) is 5.75 Å². The molecule has 0 atom stereocenters. The molecule has 0 aliphatic heterocycles. The van der Waals surface area contributed by atoms with Gasteiger partial charge < -0.3 is 10.1 Å². The van der Waals surface area contributed by atoms with Crippen LogP contribution in [0.25, 0.3) is 10.9 Å². The summed E-state index contributed by atoms with van der Waals surface area (Å²) in [5, 5.41) is 19.1. The lowest BCUT2D eigenvalue weighted by Crippen LogP contribution is -2.25. The van der Waals surface area contributed by atoms with Crippen LogP contribution in [0.2, 0.25) is 0 Å². The van der Waals surface area contributed by atoms with Gasteiger partial charge in [-0.3, -0.25) is 19.7 Å². The Kier molecular flexibility index (Phi) is 9.07. The third-order valence-electron chi connectivity index (χ3n) is 6.87. The summed E-state index contributed by atoms with van der Waals surface area (Å²) in [5.74, 6) is -1.06. The molecule has 1 aliphatic rings. The molecule has 13 heteroatoms. The summed E-state index contributed by atoms with van der Waals surface area (Å²) in [6.07, 6.45) is 6.12. The molecule has 0 radical (unpaired) electrons. The molecule has 1 saturated carbocycles. The van der Waals surface area contributed by atoms with Gasteiger partial charge in [-0.25, -0.2) is 9.37 Å². The van der Waals surface area contributed by atoms with Gasteiger partial charge in [0.05, 0.1) is 27.7 Å². The zero-order valence-electron chi connectivity index (χ0n) is 22.1. The van der Waals surface area contributed by atoms with Crippen molar-refractivity contribution in [1.29, 1.82) is 0 Å². The molecule has 0 saturated heterocycles. The van der Waals surface area contributed by atoms with Crippen molar-refractivity contribution in [2.75, 3.05) is 11.9 Å². The van der Waals surface area contributed by atoms with Crippen molar-refractivity contribution >= 4 is 66.3 Å². The molecule has 1 fully saturated rings. The van der Waals surface area contributed by atoms with Crippen molar-refractivity contribution in [2.24, 2.45) is 5.10 Å². The third kappa shape index (κ3) is 6.57. The van der Waals surface area contributed by atoms with Crippen LogP contribution in [0.4, 0.5) is 15.8 Å². The number of aromatic nitrogens is 2. The SMILES string of the molecule is O=C(COc1c(C=Nn2c(C3CCCCC3)nc3ccc(Br)cc3c2=O)cc(Br)cc1[N+](=O)[O-])Nc1ccccc1F. The first-order chi connectivity index (χ1) is 20.2. The zero-order valence-corrected chi connectivity index (χ0v) is 25.2. The van der Waals surface area contributed by atoms with Gasteiger partial charge in [0.2, 0.25) is 5.75 Å². The molecular formula is C29H24Br2FN5O5. The van der Waals surface area contributed by atoms with E-state index in [4.69, 9.17) is 9.72 Å². The molecule has 1 N–H and O–H groups in total. The van der Waals surface area contributed by atoms with Crippen LogP contribution in [-0.2, 0) is 4.79 Å². The van der Waals surface area contributed by atoms with Crippen LogP contribution in [0, 0.1) is 15.9 Å². The summed E-state index contributed by atoms with van der Waals surface area (Å²) in [7, 11) is 0. The van der Waals surface area contributed by atoms with Crippen molar-refractivity contribution in [3.63, 3.8) is 0 Å². The Hall–Kier alpha value is -3.97. The highest BCUT2D eigenvalue weighted by atomic mass is 79.9. The number of para-hydroxylation sites is 1. The summed E-state index contributed by atoms with van der Waals surface area (Å²) < 4.78 is 21.9. The minimum Gasteiger partial charge on any atom is -0.476 e. The number of carbonyl (C=O) groups is 1. The molecule has 0 unspecified atom stereocenters. The number of nitrogens with one attached hydrogen (secondary N) is 1. The van der Waals surface area contributed by atoms with Crippen molar-refractivity contribution < 1.29 is 18.8 Å². The lowest BCUT2D eigenvalue weighted by Gasteiger charge is -2.22. The Bertz CT molecular complexity index is 1770. The summed E-state index contributed by atoms with van der Waals surface area (Å²) >= 11 is 6.68. The fraction of sp³-hybridized carbons (Fsp3) is 0.241. The number of ether oxygens (including phenoxy) is 1. The third-order valence-corrected chi connectivity index (χ3v) is 7.82. The maximum atomic E-state index is 14.0. The van der Waals surface area contributed by atoms with E-state index in [1.54, 1.807) is 18.2 Å². The van der Waals surface area contributed by atoms with E-state index in [2.05, 4.69) is 42.3 Å². The van der Waals surface area contributed by atoms with Crippen LogP contribution < -0.4 is 15.6 Å². The Balaban J connectivity index is 1.54. The fourth-order valence-corrected chi connectivity index (χ4v) is 5.72. The first kappa shape index (κ1) is 29.5. The van der Waals surface area contributed by atoms with Gasteiger partial charge in [0, 0.05) is 26.5 Å². The smallest absolute Gasteiger partial charge is 0.312 e. The van der Waals surface area contributed by atoms with Crippen LogP contribution in [0.3, 0.4) is 0 Å². The average molecular weight is 701 g/mol. The number of benzene rings is 3. The van der Waals surface area contributed by atoms with Gasteiger partial charge in [0.25, 0.3) is 11.5 Å². The highest BCUT2D eigenvalue weighted by molar-refractivity contribution is 9.10. The molecule has 4 aromatic rings. The summed E-state index contributed by atoms with van der Waals surface area (Å²) in [6, 6.07) is 13.6. The van der Waals surface area contributed by atoms with Crippen molar-refractivity contribution in [3.8, 4) is 5.75 Å². The summed E-state index contributed by atoms with van der Waals surface area (Å²) in [5.41, 5.74) is -0.161. The van der Waals surface area contributed by atoms with Crippen LogP contribution in [0.15, 0.2) is 73.4 Å². The number of nitro groups is 1. The fourth-order valence-electron chi connectivity index (χ4n) is 4.90. The van der Waals surface area contributed by atoms with E-state index in [0.29, 0.717) is 25.7 Å². The molecule has 0 bridgehead atoms. The van der Waals surface area contributed by atoms with E-state index in [9.17, 15) is 24.1 Å². The summed E-state index contributed by atoms with van der Waals surface area (Å²) in [6.45, 7) is -0.642. The maximum absolute atomic E-state index is 14.0. The van der Waals surface area contributed by atoms with Gasteiger partial charge in [-0.05, 0) is 49.2 Å². The molecule has 5 rings (SSSR count). The van der Waals surface area contributed by atoms with Crippen molar-refractivity contribution in [3.05, 3.63) is 101 Å². The normalized spacial score (nSPS) is 13.9. The van der Waals surface area contributed by atoms with Gasteiger partial charge in [0.15, 0.2) is 6.61 Å². The van der Waals surface area contributed by atoms with Crippen LogP contribution in [-0.4, -0.2) is 33.3 Å². The van der Waals surface area contributed by atoms with E-state index in [1.165, 1.54) is 41.2 Å². The monoisotopic (exact) mass is 699 g/mol. The lowest BCUT2D eigenvalue weighted by molar-refractivity contribution is -0.385. The Morgan fingerprint density at radius 3 is 2.64 bits per heavy atom. The van der Waals surface area contributed by atoms with Crippen LogP contribution in [0.1, 0.15) is 49.4 Å². The number of nitro benzene ring substituents is 1. The molecule has 1 aliphatic carbocycles. The predicted octanol–water partition coefficient (Wildman–Crippen LogP) is 6.92. The van der Waals surface area contributed by atoms with E-state index in [1.807, 2.05) is 6.07 Å². The van der Waals surface area contributed by atoms with Gasteiger partial charge in [0.1, 0.15) is 11.6 Å². The van der Waals surface area contributed by atoms with Crippen molar-refractivity contribution in [2.45, 2.75) is 38.0 Å².